The zero-order valence-corrected chi connectivity index (χ0v) is 16.9. The molecule has 1 N–H and O–H groups in total. The number of aromatic nitrogens is 2. The van der Waals surface area contributed by atoms with Crippen molar-refractivity contribution in [1.29, 1.82) is 0 Å². The first kappa shape index (κ1) is 18.3. The Hall–Kier alpha value is -2.10. The number of carbonyl (C=O) groups is 1. The maximum Gasteiger partial charge on any atom is 0.268 e. The number of fused-ring (bicyclic) bond motifs is 1. The molecular formula is C17H17ClN4O3S2. The molecule has 142 valence electrons. The Labute approximate surface area is 165 Å². The fourth-order valence-electron chi connectivity index (χ4n) is 3.25. The minimum absolute atomic E-state index is 0.0140. The van der Waals surface area contributed by atoms with Gasteiger partial charge in [0.1, 0.15) is 4.90 Å². The van der Waals surface area contributed by atoms with Gasteiger partial charge in [-0.25, -0.2) is 17.7 Å². The summed E-state index contributed by atoms with van der Waals surface area (Å²) in [4.78, 5) is 15.4. The van der Waals surface area contributed by atoms with Gasteiger partial charge < -0.3 is 4.90 Å². The number of carbonyl (C=O) groups excluding carboxylic acids is 1. The summed E-state index contributed by atoms with van der Waals surface area (Å²) >= 11 is 7.04. The van der Waals surface area contributed by atoms with Gasteiger partial charge in [-0.2, -0.15) is 5.10 Å². The molecule has 4 heterocycles. The molecule has 1 amide bonds. The van der Waals surface area contributed by atoms with Gasteiger partial charge >= 0.3 is 0 Å². The van der Waals surface area contributed by atoms with Gasteiger partial charge in [-0.1, -0.05) is 11.6 Å². The van der Waals surface area contributed by atoms with Crippen LogP contribution in [0.2, 0.25) is 4.34 Å². The molecule has 0 saturated carbocycles. The van der Waals surface area contributed by atoms with Crippen molar-refractivity contribution in [2.24, 2.45) is 0 Å². The first-order chi connectivity index (χ1) is 12.8. The van der Waals surface area contributed by atoms with Gasteiger partial charge in [0.05, 0.1) is 21.6 Å². The average Bonchev–Trinajstić information content (AvgIpc) is 3.33. The van der Waals surface area contributed by atoms with Gasteiger partial charge in [-0.05, 0) is 38.0 Å². The summed E-state index contributed by atoms with van der Waals surface area (Å²) in [6.45, 7) is 3.59. The number of amides is 1. The van der Waals surface area contributed by atoms with Crippen LogP contribution in [0, 0.1) is 6.92 Å². The molecule has 3 aromatic rings. The number of thiophene rings is 1. The van der Waals surface area contributed by atoms with Crippen molar-refractivity contribution in [1.82, 2.24) is 14.3 Å². The molecule has 0 spiro atoms. The van der Waals surface area contributed by atoms with Crippen LogP contribution in [0.4, 0.5) is 5.69 Å². The van der Waals surface area contributed by atoms with Crippen molar-refractivity contribution >= 4 is 50.1 Å². The maximum atomic E-state index is 12.7. The third-order valence-electron chi connectivity index (χ3n) is 4.58. The summed E-state index contributed by atoms with van der Waals surface area (Å²) in [6, 6.07) is 5.16. The van der Waals surface area contributed by atoms with Crippen LogP contribution in [-0.2, 0) is 10.0 Å². The number of hydrogen-bond acceptors (Lipinski definition) is 6. The lowest BCUT2D eigenvalue weighted by molar-refractivity contribution is 0.0983. The fraction of sp³-hybridized carbons (Fsp3) is 0.294. The van der Waals surface area contributed by atoms with E-state index in [-0.39, 0.29) is 10.5 Å². The number of aryl methyl sites for hydroxylation is 1. The predicted octanol–water partition coefficient (Wildman–Crippen LogP) is 3.08. The molecule has 0 bridgehead atoms. The molecule has 10 heteroatoms. The van der Waals surface area contributed by atoms with Crippen LogP contribution in [0.3, 0.4) is 0 Å². The fourth-order valence-corrected chi connectivity index (χ4v) is 6.04. The van der Waals surface area contributed by atoms with Gasteiger partial charge in [0, 0.05) is 29.9 Å². The monoisotopic (exact) mass is 424 g/mol. The number of nitrogens with zero attached hydrogens (tertiary/aromatic N) is 3. The van der Waals surface area contributed by atoms with E-state index in [0.717, 1.165) is 43.0 Å². The molecule has 0 unspecified atom stereocenters. The normalized spacial score (nSPS) is 14.8. The summed E-state index contributed by atoms with van der Waals surface area (Å²) in [7, 11) is -4.01. The van der Waals surface area contributed by atoms with Gasteiger partial charge in [0.2, 0.25) is 0 Å². The SMILES string of the molecule is Cc1sc(Cl)cc1S(=O)(=O)NC(=O)c1cnn2ccc(N3CCCC3)cc12. The molecule has 1 fully saturated rings. The van der Waals surface area contributed by atoms with Crippen LogP contribution in [0.1, 0.15) is 28.1 Å². The Morgan fingerprint density at radius 1 is 1.30 bits per heavy atom. The Balaban J connectivity index is 1.66. The standard InChI is InChI=1S/C17H17ClN4O3S2/c1-11-15(9-16(18)26-11)27(24,25)20-17(23)13-10-19-22-7-4-12(8-14(13)22)21-5-2-3-6-21/h4,7-10H,2-3,5-6H2,1H3,(H,20,23). The molecule has 0 radical (unpaired) electrons. The molecule has 1 aliphatic heterocycles. The van der Waals surface area contributed by atoms with Gasteiger partial charge in [0.25, 0.3) is 15.9 Å². The lowest BCUT2D eigenvalue weighted by Gasteiger charge is -2.17. The number of nitrogens with one attached hydrogen (secondary N) is 1. The lowest BCUT2D eigenvalue weighted by atomic mass is 10.2. The van der Waals surface area contributed by atoms with Gasteiger partial charge in [0.15, 0.2) is 0 Å². The molecule has 3 aromatic heterocycles. The van der Waals surface area contributed by atoms with E-state index in [1.54, 1.807) is 17.6 Å². The molecule has 0 atom stereocenters. The zero-order chi connectivity index (χ0) is 19.2. The quantitative estimate of drug-likeness (QED) is 0.695. The molecule has 0 aliphatic carbocycles. The highest BCUT2D eigenvalue weighted by molar-refractivity contribution is 7.90. The molecule has 0 aromatic carbocycles. The van der Waals surface area contributed by atoms with Crippen molar-refractivity contribution in [2.45, 2.75) is 24.7 Å². The summed E-state index contributed by atoms with van der Waals surface area (Å²) in [5.41, 5.74) is 1.77. The smallest absolute Gasteiger partial charge is 0.268 e. The number of rotatable bonds is 4. The van der Waals surface area contributed by atoms with E-state index in [4.69, 9.17) is 11.6 Å². The van der Waals surface area contributed by atoms with E-state index in [1.807, 2.05) is 12.1 Å². The average molecular weight is 425 g/mol. The lowest BCUT2D eigenvalue weighted by Crippen LogP contribution is -2.30. The highest BCUT2D eigenvalue weighted by Crippen LogP contribution is 2.29. The second kappa shape index (κ2) is 6.81. The molecule has 27 heavy (non-hydrogen) atoms. The minimum Gasteiger partial charge on any atom is -0.371 e. The van der Waals surface area contributed by atoms with Gasteiger partial charge in [-0.3, -0.25) is 4.79 Å². The molecule has 7 nitrogen and oxygen atoms in total. The summed E-state index contributed by atoms with van der Waals surface area (Å²) in [5.74, 6) is -0.717. The molecular weight excluding hydrogens is 408 g/mol. The first-order valence-electron chi connectivity index (χ1n) is 8.40. The van der Waals surface area contributed by atoms with Crippen molar-refractivity contribution in [3.8, 4) is 0 Å². The van der Waals surface area contributed by atoms with E-state index in [0.29, 0.717) is 14.7 Å². The van der Waals surface area contributed by atoms with Crippen LogP contribution in [0.15, 0.2) is 35.5 Å². The molecule has 1 aliphatic rings. The van der Waals surface area contributed by atoms with E-state index in [9.17, 15) is 13.2 Å². The topological polar surface area (TPSA) is 83.8 Å². The molecule has 4 rings (SSSR count). The third kappa shape index (κ3) is 3.42. The zero-order valence-electron chi connectivity index (χ0n) is 14.5. The highest BCUT2D eigenvalue weighted by Gasteiger charge is 2.25. The van der Waals surface area contributed by atoms with Crippen molar-refractivity contribution < 1.29 is 13.2 Å². The van der Waals surface area contributed by atoms with Gasteiger partial charge in [-0.15, -0.1) is 11.3 Å². The molecule has 1 saturated heterocycles. The second-order valence-electron chi connectivity index (χ2n) is 6.37. The number of pyridine rings is 1. The Bertz CT molecular complexity index is 1130. The summed E-state index contributed by atoms with van der Waals surface area (Å²) < 4.78 is 29.2. The van der Waals surface area contributed by atoms with Crippen LogP contribution in [0.5, 0.6) is 0 Å². The summed E-state index contributed by atoms with van der Waals surface area (Å²) in [6.07, 6.45) is 5.43. The van der Waals surface area contributed by atoms with E-state index >= 15 is 0 Å². The van der Waals surface area contributed by atoms with E-state index < -0.39 is 15.9 Å². The Morgan fingerprint density at radius 2 is 2.04 bits per heavy atom. The summed E-state index contributed by atoms with van der Waals surface area (Å²) in [5, 5.41) is 4.16. The van der Waals surface area contributed by atoms with Crippen LogP contribution in [0.25, 0.3) is 5.52 Å². The largest absolute Gasteiger partial charge is 0.371 e. The Kier molecular flexibility index (Phi) is 4.61. The minimum atomic E-state index is -4.01. The van der Waals surface area contributed by atoms with E-state index in [2.05, 4.69) is 14.7 Å². The van der Waals surface area contributed by atoms with Crippen LogP contribution in [-0.4, -0.2) is 37.0 Å². The van der Waals surface area contributed by atoms with Crippen molar-refractivity contribution in [3.05, 3.63) is 45.4 Å². The van der Waals surface area contributed by atoms with Crippen LogP contribution < -0.4 is 9.62 Å². The number of sulfonamides is 1. The van der Waals surface area contributed by atoms with E-state index in [1.165, 1.54) is 12.3 Å². The second-order valence-corrected chi connectivity index (χ2v) is 9.91. The Morgan fingerprint density at radius 3 is 2.70 bits per heavy atom. The van der Waals surface area contributed by atoms with Crippen molar-refractivity contribution in [2.75, 3.05) is 18.0 Å². The first-order valence-corrected chi connectivity index (χ1v) is 11.1. The van der Waals surface area contributed by atoms with Crippen molar-refractivity contribution in [3.63, 3.8) is 0 Å². The third-order valence-corrected chi connectivity index (χ3v) is 7.35. The van der Waals surface area contributed by atoms with Crippen LogP contribution >= 0.6 is 22.9 Å². The predicted molar refractivity (Wildman–Crippen MR) is 105 cm³/mol. The highest BCUT2D eigenvalue weighted by atomic mass is 35.5. The number of halogens is 1. The maximum absolute atomic E-state index is 12.7. The number of anilines is 1. The number of hydrogen-bond donors (Lipinski definition) is 1.